The van der Waals surface area contributed by atoms with Crippen LogP contribution < -0.4 is 10.6 Å². The van der Waals surface area contributed by atoms with Gasteiger partial charge in [-0.05, 0) is 56.7 Å². The molecular weight excluding hydrogens is 216 g/mol. The first-order valence-corrected chi connectivity index (χ1v) is 6.76. The summed E-state index contributed by atoms with van der Waals surface area (Å²) in [4.78, 5) is 0. The maximum Gasteiger partial charge on any atom is 0.166 e. The minimum atomic E-state index is 0.411. The fourth-order valence-corrected chi connectivity index (χ4v) is 3.35. The Bertz CT molecular complexity index is 248. The van der Waals surface area contributed by atoms with Crippen LogP contribution >= 0.6 is 12.2 Å². The van der Waals surface area contributed by atoms with Crippen LogP contribution in [0.1, 0.15) is 53.9 Å². The van der Waals surface area contributed by atoms with Gasteiger partial charge in [-0.1, -0.05) is 20.8 Å². The van der Waals surface area contributed by atoms with Gasteiger partial charge in [-0.25, -0.2) is 0 Å². The molecule has 94 valence electrons. The van der Waals surface area contributed by atoms with Gasteiger partial charge in [-0.2, -0.15) is 0 Å². The molecule has 0 spiro atoms. The quantitative estimate of drug-likeness (QED) is 0.728. The Morgan fingerprint density at radius 3 is 2.44 bits per heavy atom. The first kappa shape index (κ1) is 13.8. The molecule has 0 heterocycles. The fraction of sp³-hybridized carbons (Fsp3) is 0.923. The lowest BCUT2D eigenvalue weighted by Crippen LogP contribution is -2.48. The van der Waals surface area contributed by atoms with Crippen molar-refractivity contribution < 1.29 is 0 Å². The Kier molecular flexibility index (Phi) is 4.60. The van der Waals surface area contributed by atoms with E-state index in [1.807, 2.05) is 0 Å². The van der Waals surface area contributed by atoms with Crippen molar-refractivity contribution in [2.75, 3.05) is 0 Å². The lowest BCUT2D eigenvalue weighted by atomic mass is 9.71. The Hall–Kier alpha value is -0.310. The first-order valence-electron chi connectivity index (χ1n) is 6.35. The fourth-order valence-electron chi connectivity index (χ4n) is 2.95. The zero-order valence-corrected chi connectivity index (χ0v) is 12.1. The number of rotatable bonds is 2. The van der Waals surface area contributed by atoms with Gasteiger partial charge >= 0.3 is 0 Å². The van der Waals surface area contributed by atoms with Gasteiger partial charge in [-0.3, -0.25) is 0 Å². The molecule has 0 amide bonds. The maximum atomic E-state index is 5.30. The Labute approximate surface area is 106 Å². The molecule has 0 radical (unpaired) electrons. The number of hydrogen-bond donors (Lipinski definition) is 2. The summed E-state index contributed by atoms with van der Waals surface area (Å²) in [6, 6.07) is 0.950. The summed E-state index contributed by atoms with van der Waals surface area (Å²) < 4.78 is 0. The maximum absolute atomic E-state index is 5.30. The molecule has 3 heteroatoms. The average Bonchev–Trinajstić information content (AvgIpc) is 1.95. The Balaban J connectivity index is 2.45. The summed E-state index contributed by atoms with van der Waals surface area (Å²) in [6.45, 7) is 11.3. The molecule has 2 atom stereocenters. The smallest absolute Gasteiger partial charge is 0.166 e. The van der Waals surface area contributed by atoms with Gasteiger partial charge in [0.15, 0.2) is 5.11 Å². The van der Waals surface area contributed by atoms with E-state index in [-0.39, 0.29) is 0 Å². The average molecular weight is 242 g/mol. The van der Waals surface area contributed by atoms with E-state index in [2.05, 4.69) is 45.3 Å². The van der Waals surface area contributed by atoms with Crippen LogP contribution in [0.3, 0.4) is 0 Å². The van der Waals surface area contributed by atoms with Gasteiger partial charge in [0.25, 0.3) is 0 Å². The van der Waals surface area contributed by atoms with Crippen molar-refractivity contribution in [3.05, 3.63) is 0 Å². The Morgan fingerprint density at radius 2 is 1.94 bits per heavy atom. The van der Waals surface area contributed by atoms with Crippen molar-refractivity contribution in [2.45, 2.75) is 66.0 Å². The zero-order chi connectivity index (χ0) is 12.3. The third kappa shape index (κ3) is 4.69. The highest BCUT2D eigenvalue weighted by molar-refractivity contribution is 7.80. The van der Waals surface area contributed by atoms with E-state index >= 15 is 0 Å². The monoisotopic (exact) mass is 242 g/mol. The predicted octanol–water partition coefficient (Wildman–Crippen LogP) is 3.07. The van der Waals surface area contributed by atoms with Gasteiger partial charge < -0.3 is 10.6 Å². The lowest BCUT2D eigenvalue weighted by Gasteiger charge is -2.39. The molecule has 0 aromatic rings. The van der Waals surface area contributed by atoms with E-state index < -0.39 is 0 Å². The van der Waals surface area contributed by atoms with Crippen LogP contribution in [0.4, 0.5) is 0 Å². The van der Waals surface area contributed by atoms with Crippen LogP contribution in [-0.2, 0) is 0 Å². The molecule has 1 aliphatic rings. The summed E-state index contributed by atoms with van der Waals surface area (Å²) in [5, 5.41) is 7.52. The molecule has 0 aliphatic heterocycles. The van der Waals surface area contributed by atoms with Gasteiger partial charge in [0.1, 0.15) is 0 Å². The van der Waals surface area contributed by atoms with Crippen LogP contribution in [-0.4, -0.2) is 17.2 Å². The molecule has 16 heavy (non-hydrogen) atoms. The minimum absolute atomic E-state index is 0.411. The summed E-state index contributed by atoms with van der Waals surface area (Å²) in [6.07, 6.45) is 3.79. The highest BCUT2D eigenvalue weighted by Crippen LogP contribution is 2.38. The second-order valence-electron chi connectivity index (χ2n) is 6.38. The molecule has 1 fully saturated rings. The largest absolute Gasteiger partial charge is 0.361 e. The standard InChI is InChI=1S/C13H26N2S/c1-9(2)14-12(16)15-11-6-10(3)7-13(4,5)8-11/h9-11H,6-8H2,1-5H3,(H2,14,15,16). The first-order chi connectivity index (χ1) is 7.28. The SMILES string of the molecule is CC1CC(NC(=S)NC(C)C)CC(C)(C)C1. The topological polar surface area (TPSA) is 24.1 Å². The summed E-state index contributed by atoms with van der Waals surface area (Å²) in [5.74, 6) is 0.795. The van der Waals surface area contributed by atoms with Crippen LogP contribution in [0, 0.1) is 11.3 Å². The van der Waals surface area contributed by atoms with E-state index in [1.54, 1.807) is 0 Å². The highest BCUT2D eigenvalue weighted by atomic mass is 32.1. The van der Waals surface area contributed by atoms with Gasteiger partial charge in [0, 0.05) is 12.1 Å². The number of nitrogens with one attached hydrogen (secondary N) is 2. The van der Waals surface area contributed by atoms with Crippen LogP contribution in [0.2, 0.25) is 0 Å². The molecule has 0 saturated heterocycles. The molecule has 2 unspecified atom stereocenters. The molecule has 2 N–H and O–H groups in total. The van der Waals surface area contributed by atoms with Gasteiger partial charge in [0.05, 0.1) is 0 Å². The minimum Gasteiger partial charge on any atom is -0.361 e. The number of thiocarbonyl (C=S) groups is 1. The van der Waals surface area contributed by atoms with Gasteiger partial charge in [-0.15, -0.1) is 0 Å². The van der Waals surface area contributed by atoms with Crippen LogP contribution in [0.15, 0.2) is 0 Å². The second-order valence-corrected chi connectivity index (χ2v) is 6.79. The lowest BCUT2D eigenvalue weighted by molar-refractivity contribution is 0.161. The van der Waals surface area contributed by atoms with Crippen LogP contribution in [0.25, 0.3) is 0 Å². The van der Waals surface area contributed by atoms with Crippen molar-refractivity contribution in [3.8, 4) is 0 Å². The molecule has 1 aliphatic carbocycles. The van der Waals surface area contributed by atoms with E-state index in [1.165, 1.54) is 19.3 Å². The molecule has 0 aromatic carbocycles. The van der Waals surface area contributed by atoms with E-state index in [4.69, 9.17) is 12.2 Å². The van der Waals surface area contributed by atoms with Crippen molar-refractivity contribution in [3.63, 3.8) is 0 Å². The summed E-state index contributed by atoms with van der Waals surface area (Å²) >= 11 is 5.30. The van der Waals surface area contributed by atoms with E-state index in [9.17, 15) is 0 Å². The second kappa shape index (κ2) is 5.35. The highest BCUT2D eigenvalue weighted by Gasteiger charge is 2.32. The molecular formula is C13H26N2S. The van der Waals surface area contributed by atoms with Crippen molar-refractivity contribution >= 4 is 17.3 Å². The number of hydrogen-bond acceptors (Lipinski definition) is 1. The van der Waals surface area contributed by atoms with E-state index in [0.717, 1.165) is 11.0 Å². The molecule has 2 nitrogen and oxygen atoms in total. The van der Waals surface area contributed by atoms with Crippen molar-refractivity contribution in [1.82, 2.24) is 10.6 Å². The van der Waals surface area contributed by atoms with Crippen molar-refractivity contribution in [1.29, 1.82) is 0 Å². The van der Waals surface area contributed by atoms with E-state index in [0.29, 0.717) is 17.5 Å². The predicted molar refractivity (Wildman–Crippen MR) is 74.6 cm³/mol. The summed E-state index contributed by atoms with van der Waals surface area (Å²) in [5.41, 5.74) is 0.447. The molecule has 0 aromatic heterocycles. The zero-order valence-electron chi connectivity index (χ0n) is 11.3. The Morgan fingerprint density at radius 1 is 1.31 bits per heavy atom. The van der Waals surface area contributed by atoms with Gasteiger partial charge in [0.2, 0.25) is 0 Å². The molecule has 0 bridgehead atoms. The third-order valence-corrected chi connectivity index (χ3v) is 3.38. The third-order valence-electron chi connectivity index (χ3n) is 3.14. The van der Waals surface area contributed by atoms with Crippen LogP contribution in [0.5, 0.6) is 0 Å². The van der Waals surface area contributed by atoms with Crippen molar-refractivity contribution in [2.24, 2.45) is 11.3 Å². The normalized spacial score (nSPS) is 28.9. The summed E-state index contributed by atoms with van der Waals surface area (Å²) in [7, 11) is 0. The molecule has 1 rings (SSSR count). The molecule has 1 saturated carbocycles.